The van der Waals surface area contributed by atoms with Crippen LogP contribution in [0.2, 0.25) is 0 Å². The van der Waals surface area contributed by atoms with Crippen molar-refractivity contribution in [1.82, 2.24) is 0 Å². The highest BCUT2D eigenvalue weighted by molar-refractivity contribution is 5.90. The average Bonchev–Trinajstić information content (AvgIpc) is 3.18. The number of anilines is 1. The van der Waals surface area contributed by atoms with E-state index < -0.39 is 0 Å². The van der Waals surface area contributed by atoms with Gasteiger partial charge in [-0.25, -0.2) is 9.59 Å². The number of ether oxygens (including phenoxy) is 2. The number of carbonyl (C=O) groups is 2. The van der Waals surface area contributed by atoms with E-state index in [0.29, 0.717) is 18.7 Å². The average molecular weight is 249 g/mol. The first-order valence-corrected chi connectivity index (χ1v) is 5.79. The summed E-state index contributed by atoms with van der Waals surface area (Å²) in [5, 5.41) is 0. The molecule has 1 fully saturated rings. The summed E-state index contributed by atoms with van der Waals surface area (Å²) in [6.07, 6.45) is 0. The summed E-state index contributed by atoms with van der Waals surface area (Å²) in [5.74, 6) is -0.566. The molecule has 2 rings (SSSR count). The molecule has 1 aromatic carbocycles. The van der Waals surface area contributed by atoms with Gasteiger partial charge in [0.05, 0.1) is 25.8 Å². The highest BCUT2D eigenvalue weighted by Gasteiger charge is 2.41. The van der Waals surface area contributed by atoms with Gasteiger partial charge in [-0.15, -0.1) is 0 Å². The third-order valence-electron chi connectivity index (χ3n) is 2.79. The van der Waals surface area contributed by atoms with Crippen molar-refractivity contribution in [3.63, 3.8) is 0 Å². The predicted octanol–water partition coefficient (Wildman–Crippen LogP) is 1.22. The van der Waals surface area contributed by atoms with Crippen LogP contribution in [0, 0.1) is 0 Å². The molecule has 5 nitrogen and oxygen atoms in total. The van der Waals surface area contributed by atoms with Crippen molar-refractivity contribution in [3.05, 3.63) is 29.8 Å². The fourth-order valence-corrected chi connectivity index (χ4v) is 1.77. The number of carbonyl (C=O) groups excluding carboxylic acids is 2. The summed E-state index contributed by atoms with van der Waals surface area (Å²) in [5.41, 5.74) is 1.40. The molecule has 0 amide bonds. The number of nitrogens with zero attached hydrogens (tertiary/aromatic N) is 1. The molecule has 1 saturated heterocycles. The van der Waals surface area contributed by atoms with Crippen molar-refractivity contribution in [2.24, 2.45) is 0 Å². The second-order valence-corrected chi connectivity index (χ2v) is 3.96. The molecule has 0 aliphatic carbocycles. The molecule has 1 aliphatic heterocycles. The number of hydrogen-bond acceptors (Lipinski definition) is 5. The Bertz CT molecular complexity index is 455. The zero-order valence-corrected chi connectivity index (χ0v) is 10.4. The van der Waals surface area contributed by atoms with E-state index >= 15 is 0 Å². The molecule has 1 aromatic rings. The van der Waals surface area contributed by atoms with Crippen LogP contribution < -0.4 is 4.90 Å². The maximum absolute atomic E-state index is 11.5. The van der Waals surface area contributed by atoms with E-state index in [9.17, 15) is 9.59 Å². The van der Waals surface area contributed by atoms with Gasteiger partial charge in [-0.3, -0.25) is 0 Å². The molecule has 1 heterocycles. The van der Waals surface area contributed by atoms with Gasteiger partial charge < -0.3 is 14.4 Å². The molecule has 0 radical (unpaired) electrons. The molecule has 0 bridgehead atoms. The monoisotopic (exact) mass is 249 g/mol. The van der Waals surface area contributed by atoms with Gasteiger partial charge in [0.2, 0.25) is 0 Å². The Kier molecular flexibility index (Phi) is 3.50. The predicted molar refractivity (Wildman–Crippen MR) is 65.5 cm³/mol. The third kappa shape index (κ3) is 2.45. The Hall–Kier alpha value is -2.04. The molecule has 0 saturated carbocycles. The Balaban J connectivity index is 2.00. The summed E-state index contributed by atoms with van der Waals surface area (Å²) in [7, 11) is 1.34. The van der Waals surface area contributed by atoms with Crippen molar-refractivity contribution in [3.8, 4) is 0 Å². The highest BCUT2D eigenvalue weighted by atomic mass is 16.5. The van der Waals surface area contributed by atoms with E-state index in [0.717, 1.165) is 5.69 Å². The number of hydrogen-bond donors (Lipinski definition) is 0. The number of methoxy groups -OCH3 is 1. The normalized spacial score (nSPS) is 17.2. The summed E-state index contributed by atoms with van der Waals surface area (Å²) in [6.45, 7) is 2.84. The van der Waals surface area contributed by atoms with Crippen LogP contribution in [0.25, 0.3) is 0 Å². The van der Waals surface area contributed by atoms with Crippen LogP contribution in [-0.2, 0) is 14.3 Å². The molecule has 1 atom stereocenters. The van der Waals surface area contributed by atoms with E-state index in [-0.39, 0.29) is 18.0 Å². The Labute approximate surface area is 105 Å². The van der Waals surface area contributed by atoms with Gasteiger partial charge in [0.1, 0.15) is 6.04 Å². The molecule has 1 unspecified atom stereocenters. The third-order valence-corrected chi connectivity index (χ3v) is 2.79. The van der Waals surface area contributed by atoms with Crippen LogP contribution in [0.5, 0.6) is 0 Å². The SMILES string of the molecule is CCOC(=O)C1CN1c1ccc(C(=O)OC)cc1. The Morgan fingerprint density at radius 3 is 2.56 bits per heavy atom. The van der Waals surface area contributed by atoms with Crippen molar-refractivity contribution in [1.29, 1.82) is 0 Å². The molecule has 5 heteroatoms. The van der Waals surface area contributed by atoms with Crippen LogP contribution in [0.3, 0.4) is 0 Å². The van der Waals surface area contributed by atoms with Crippen molar-refractivity contribution >= 4 is 17.6 Å². The minimum atomic E-state index is -0.366. The summed E-state index contributed by atoms with van der Waals surface area (Å²) in [6, 6.07) is 6.77. The van der Waals surface area contributed by atoms with Crippen LogP contribution in [0.1, 0.15) is 17.3 Å². The van der Waals surface area contributed by atoms with E-state index in [4.69, 9.17) is 4.74 Å². The lowest BCUT2D eigenvalue weighted by Crippen LogP contribution is -2.15. The molecule has 0 spiro atoms. The molecule has 0 aromatic heterocycles. The van der Waals surface area contributed by atoms with E-state index in [2.05, 4.69) is 4.74 Å². The highest BCUT2D eigenvalue weighted by Crippen LogP contribution is 2.28. The van der Waals surface area contributed by atoms with E-state index in [1.807, 2.05) is 4.90 Å². The van der Waals surface area contributed by atoms with Gasteiger partial charge in [0.25, 0.3) is 0 Å². The summed E-state index contributed by atoms with van der Waals surface area (Å²) >= 11 is 0. The number of benzene rings is 1. The second kappa shape index (κ2) is 5.08. The fourth-order valence-electron chi connectivity index (χ4n) is 1.77. The largest absolute Gasteiger partial charge is 0.465 e. The fraction of sp³-hybridized carbons (Fsp3) is 0.385. The lowest BCUT2D eigenvalue weighted by Gasteiger charge is -2.06. The Morgan fingerprint density at radius 1 is 1.33 bits per heavy atom. The van der Waals surface area contributed by atoms with Gasteiger partial charge in [-0.2, -0.15) is 0 Å². The maximum Gasteiger partial charge on any atom is 0.337 e. The van der Waals surface area contributed by atoms with Gasteiger partial charge in [-0.1, -0.05) is 0 Å². The van der Waals surface area contributed by atoms with Crippen LogP contribution in [0.4, 0.5) is 5.69 Å². The van der Waals surface area contributed by atoms with Crippen LogP contribution >= 0.6 is 0 Å². The minimum absolute atomic E-state index is 0.186. The van der Waals surface area contributed by atoms with Gasteiger partial charge >= 0.3 is 11.9 Å². The van der Waals surface area contributed by atoms with Crippen LogP contribution in [0.15, 0.2) is 24.3 Å². The van der Waals surface area contributed by atoms with Gasteiger partial charge in [-0.05, 0) is 31.2 Å². The zero-order chi connectivity index (χ0) is 13.1. The summed E-state index contributed by atoms with van der Waals surface area (Å²) < 4.78 is 9.56. The quantitative estimate of drug-likeness (QED) is 0.593. The van der Waals surface area contributed by atoms with Crippen molar-refractivity contribution < 1.29 is 19.1 Å². The molecule has 1 aliphatic rings. The molecular weight excluding hydrogens is 234 g/mol. The number of rotatable bonds is 4. The minimum Gasteiger partial charge on any atom is -0.465 e. The standard InChI is InChI=1S/C13H15NO4/c1-3-18-13(16)11-8-14(11)10-6-4-9(5-7-10)12(15)17-2/h4-7,11H,3,8H2,1-2H3. The van der Waals surface area contributed by atoms with Gasteiger partial charge in [0, 0.05) is 5.69 Å². The summed E-state index contributed by atoms with van der Waals surface area (Å²) in [4.78, 5) is 24.6. The smallest absolute Gasteiger partial charge is 0.337 e. The lowest BCUT2D eigenvalue weighted by molar-refractivity contribution is -0.142. The maximum atomic E-state index is 11.5. The van der Waals surface area contributed by atoms with Crippen molar-refractivity contribution in [2.45, 2.75) is 13.0 Å². The molecule has 0 N–H and O–H groups in total. The zero-order valence-electron chi connectivity index (χ0n) is 10.4. The van der Waals surface area contributed by atoms with E-state index in [1.165, 1.54) is 7.11 Å². The topological polar surface area (TPSA) is 55.6 Å². The van der Waals surface area contributed by atoms with E-state index in [1.54, 1.807) is 31.2 Å². The molecule has 18 heavy (non-hydrogen) atoms. The number of esters is 2. The lowest BCUT2D eigenvalue weighted by atomic mass is 10.2. The first kappa shape index (κ1) is 12.4. The first-order chi connectivity index (χ1) is 8.67. The van der Waals surface area contributed by atoms with Crippen LogP contribution in [-0.4, -0.2) is 38.2 Å². The second-order valence-electron chi connectivity index (χ2n) is 3.96. The molecular formula is C13H15NO4. The molecule has 96 valence electrons. The van der Waals surface area contributed by atoms with Crippen molar-refractivity contribution in [2.75, 3.05) is 25.2 Å². The first-order valence-electron chi connectivity index (χ1n) is 5.79. The van der Waals surface area contributed by atoms with Gasteiger partial charge in [0.15, 0.2) is 0 Å². The Morgan fingerprint density at radius 2 is 2.00 bits per heavy atom.